The van der Waals surface area contributed by atoms with E-state index in [9.17, 15) is 19.8 Å². The first-order valence-electron chi connectivity index (χ1n) is 8.34. The summed E-state index contributed by atoms with van der Waals surface area (Å²) < 4.78 is 0. The van der Waals surface area contributed by atoms with Crippen molar-refractivity contribution < 1.29 is 19.8 Å². The van der Waals surface area contributed by atoms with Crippen LogP contribution in [0.2, 0.25) is 0 Å². The van der Waals surface area contributed by atoms with Crippen molar-refractivity contribution in [2.24, 2.45) is 0 Å². The smallest absolute Gasteiger partial charge is 0.223 e. The number of nitrogens with zero attached hydrogens (tertiary/aromatic N) is 1. The topological polar surface area (TPSA) is 89.9 Å². The summed E-state index contributed by atoms with van der Waals surface area (Å²) in [5, 5.41) is 21.2. The van der Waals surface area contributed by atoms with Crippen LogP contribution >= 0.6 is 0 Å². The van der Waals surface area contributed by atoms with Crippen LogP contribution in [0, 0.1) is 0 Å². The number of carbonyl (C=O) groups is 2. The van der Waals surface area contributed by atoms with Gasteiger partial charge in [0.2, 0.25) is 11.8 Å². The number of amides is 2. The molecule has 1 heterocycles. The Morgan fingerprint density at radius 2 is 1.96 bits per heavy atom. The normalized spacial score (nSPS) is 19.4. The lowest BCUT2D eigenvalue weighted by atomic mass is 10.1. The molecule has 1 aliphatic heterocycles. The summed E-state index contributed by atoms with van der Waals surface area (Å²) in [5.41, 5.74) is 1.13. The molecule has 1 aromatic carbocycles. The number of hydrogen-bond acceptors (Lipinski definition) is 4. The number of aliphatic hydroxyl groups excluding tert-OH is 2. The molecule has 134 valence electrons. The molecule has 0 spiro atoms. The summed E-state index contributed by atoms with van der Waals surface area (Å²) in [4.78, 5) is 23.7. The van der Waals surface area contributed by atoms with Crippen LogP contribution in [0.1, 0.15) is 31.7 Å². The zero-order valence-electron chi connectivity index (χ0n) is 14.4. The summed E-state index contributed by atoms with van der Waals surface area (Å²) in [5.74, 6) is 0.101. The fourth-order valence-electron chi connectivity index (χ4n) is 2.59. The number of aryl methyl sites for hydroxylation is 1. The SMILES string of the molecule is CCC(=O)NC.O=C(CCc1ccccc1)N1CC(O)CC1CO. The first-order valence-corrected chi connectivity index (χ1v) is 8.34. The molecule has 6 nitrogen and oxygen atoms in total. The van der Waals surface area contributed by atoms with Gasteiger partial charge in [0.25, 0.3) is 0 Å². The highest BCUT2D eigenvalue weighted by atomic mass is 16.3. The number of likely N-dealkylation sites (tertiary alicyclic amines) is 1. The lowest BCUT2D eigenvalue weighted by Gasteiger charge is -2.22. The van der Waals surface area contributed by atoms with E-state index in [1.165, 1.54) is 0 Å². The van der Waals surface area contributed by atoms with Gasteiger partial charge in [-0.05, 0) is 18.4 Å². The molecule has 24 heavy (non-hydrogen) atoms. The number of rotatable bonds is 5. The van der Waals surface area contributed by atoms with Crippen LogP contribution in [0.25, 0.3) is 0 Å². The van der Waals surface area contributed by atoms with Gasteiger partial charge in [-0.3, -0.25) is 9.59 Å². The van der Waals surface area contributed by atoms with Gasteiger partial charge in [-0.25, -0.2) is 0 Å². The van der Waals surface area contributed by atoms with Crippen LogP contribution in [0.5, 0.6) is 0 Å². The molecule has 1 aromatic rings. The Bertz CT molecular complexity index is 501. The number of β-amino-alcohol motifs (C(OH)–C–C–N with tert-alkyl or cyclic N) is 1. The summed E-state index contributed by atoms with van der Waals surface area (Å²) in [6.07, 6.45) is 1.68. The Kier molecular flexibility index (Phi) is 9.04. The van der Waals surface area contributed by atoms with E-state index in [4.69, 9.17) is 0 Å². The zero-order valence-corrected chi connectivity index (χ0v) is 14.4. The lowest BCUT2D eigenvalue weighted by molar-refractivity contribution is -0.133. The maximum atomic E-state index is 12.0. The van der Waals surface area contributed by atoms with E-state index in [0.717, 1.165) is 5.56 Å². The van der Waals surface area contributed by atoms with Crippen LogP contribution in [0.15, 0.2) is 30.3 Å². The predicted octanol–water partition coefficient (Wildman–Crippen LogP) is 0.716. The first-order chi connectivity index (χ1) is 11.5. The van der Waals surface area contributed by atoms with Gasteiger partial charge in [-0.2, -0.15) is 0 Å². The molecule has 0 aromatic heterocycles. The fourth-order valence-corrected chi connectivity index (χ4v) is 2.59. The van der Waals surface area contributed by atoms with E-state index in [-0.39, 0.29) is 24.5 Å². The van der Waals surface area contributed by atoms with E-state index < -0.39 is 6.10 Å². The maximum Gasteiger partial charge on any atom is 0.223 e. The van der Waals surface area contributed by atoms with Gasteiger partial charge in [0, 0.05) is 26.4 Å². The van der Waals surface area contributed by atoms with E-state index in [0.29, 0.717) is 32.2 Å². The molecule has 0 aliphatic carbocycles. The number of nitrogens with one attached hydrogen (secondary N) is 1. The van der Waals surface area contributed by atoms with Crippen LogP contribution in [-0.2, 0) is 16.0 Å². The minimum atomic E-state index is -0.497. The summed E-state index contributed by atoms with van der Waals surface area (Å²) in [7, 11) is 1.63. The van der Waals surface area contributed by atoms with Crippen molar-refractivity contribution in [3.05, 3.63) is 35.9 Å². The van der Waals surface area contributed by atoms with E-state index in [2.05, 4.69) is 5.32 Å². The number of benzene rings is 1. The van der Waals surface area contributed by atoms with Crippen molar-refractivity contribution in [1.29, 1.82) is 0 Å². The fraction of sp³-hybridized carbons (Fsp3) is 0.556. The second-order valence-corrected chi connectivity index (χ2v) is 5.78. The third-order valence-electron chi connectivity index (χ3n) is 3.99. The largest absolute Gasteiger partial charge is 0.394 e. The second kappa shape index (κ2) is 10.8. The van der Waals surface area contributed by atoms with Crippen molar-refractivity contribution >= 4 is 11.8 Å². The summed E-state index contributed by atoms with van der Waals surface area (Å²) in [6, 6.07) is 9.63. The number of carbonyl (C=O) groups excluding carboxylic acids is 2. The van der Waals surface area contributed by atoms with Gasteiger partial charge in [0.15, 0.2) is 0 Å². The molecule has 0 radical (unpaired) electrons. The van der Waals surface area contributed by atoms with E-state index in [1.807, 2.05) is 37.3 Å². The van der Waals surface area contributed by atoms with Crippen molar-refractivity contribution in [1.82, 2.24) is 10.2 Å². The molecule has 0 bridgehead atoms. The van der Waals surface area contributed by atoms with Crippen LogP contribution in [-0.4, -0.2) is 59.3 Å². The minimum Gasteiger partial charge on any atom is -0.394 e. The lowest BCUT2D eigenvalue weighted by Crippen LogP contribution is -2.38. The van der Waals surface area contributed by atoms with Crippen molar-refractivity contribution in [2.75, 3.05) is 20.2 Å². The van der Waals surface area contributed by atoms with Gasteiger partial charge in [0.1, 0.15) is 0 Å². The molecule has 0 saturated carbocycles. The standard InChI is InChI=1S/C14H19NO3.C4H9NO/c16-10-12-8-13(17)9-15(12)14(18)7-6-11-4-2-1-3-5-11;1-3-4(6)5-2/h1-5,12-13,16-17H,6-10H2;3H2,1-2H3,(H,5,6). The molecule has 1 fully saturated rings. The second-order valence-electron chi connectivity index (χ2n) is 5.78. The molecular formula is C18H28N2O4. The molecule has 2 rings (SSSR count). The molecular weight excluding hydrogens is 308 g/mol. The quantitative estimate of drug-likeness (QED) is 0.739. The van der Waals surface area contributed by atoms with Crippen LogP contribution in [0.4, 0.5) is 0 Å². The molecule has 2 unspecified atom stereocenters. The highest BCUT2D eigenvalue weighted by Gasteiger charge is 2.33. The molecule has 3 N–H and O–H groups in total. The number of hydrogen-bond donors (Lipinski definition) is 3. The minimum absolute atomic E-state index is 0.00875. The van der Waals surface area contributed by atoms with Crippen LogP contribution in [0.3, 0.4) is 0 Å². The van der Waals surface area contributed by atoms with Crippen molar-refractivity contribution in [3.63, 3.8) is 0 Å². The summed E-state index contributed by atoms with van der Waals surface area (Å²) in [6.45, 7) is 2.09. The molecule has 1 aliphatic rings. The van der Waals surface area contributed by atoms with Gasteiger partial charge >= 0.3 is 0 Å². The highest BCUT2D eigenvalue weighted by Crippen LogP contribution is 2.19. The van der Waals surface area contributed by atoms with Crippen LogP contribution < -0.4 is 5.32 Å². The van der Waals surface area contributed by atoms with Gasteiger partial charge in [-0.15, -0.1) is 0 Å². The van der Waals surface area contributed by atoms with E-state index >= 15 is 0 Å². The van der Waals surface area contributed by atoms with Crippen molar-refractivity contribution in [2.45, 2.75) is 44.8 Å². The maximum absolute atomic E-state index is 12.0. The Labute approximate surface area is 143 Å². The van der Waals surface area contributed by atoms with E-state index in [1.54, 1.807) is 11.9 Å². The molecule has 1 saturated heterocycles. The molecule has 2 amide bonds. The average molecular weight is 336 g/mol. The molecule has 2 atom stereocenters. The van der Waals surface area contributed by atoms with Gasteiger partial charge in [0.05, 0.1) is 18.8 Å². The first kappa shape index (κ1) is 20.1. The number of aliphatic hydroxyl groups is 2. The molecule has 6 heteroatoms. The third kappa shape index (κ3) is 6.68. The summed E-state index contributed by atoms with van der Waals surface area (Å²) >= 11 is 0. The monoisotopic (exact) mass is 336 g/mol. The Hall–Kier alpha value is -1.92. The Morgan fingerprint density at radius 3 is 2.46 bits per heavy atom. The average Bonchev–Trinajstić information content (AvgIpc) is 3.01. The highest BCUT2D eigenvalue weighted by molar-refractivity contribution is 5.77. The van der Waals surface area contributed by atoms with Gasteiger partial charge < -0.3 is 20.4 Å². The Balaban J connectivity index is 0.000000413. The third-order valence-corrected chi connectivity index (χ3v) is 3.99. The predicted molar refractivity (Wildman–Crippen MR) is 92.3 cm³/mol. The van der Waals surface area contributed by atoms with Gasteiger partial charge in [-0.1, -0.05) is 37.3 Å². The zero-order chi connectivity index (χ0) is 17.9. The van der Waals surface area contributed by atoms with Crippen molar-refractivity contribution in [3.8, 4) is 0 Å². The Morgan fingerprint density at radius 1 is 1.29 bits per heavy atom.